The Morgan fingerprint density at radius 3 is 2.82 bits per heavy atom. The first-order chi connectivity index (χ1) is 18.2. The van der Waals surface area contributed by atoms with Crippen LogP contribution in [-0.2, 0) is 21.4 Å². The van der Waals surface area contributed by atoms with Crippen molar-refractivity contribution in [2.45, 2.75) is 56.2 Å². The Kier molecular flexibility index (Phi) is 6.85. The first kappa shape index (κ1) is 25.7. The number of hydrogen-bond donors (Lipinski definition) is 2. The average Bonchev–Trinajstić information content (AvgIpc) is 3.45. The lowest BCUT2D eigenvalue weighted by atomic mass is 9.68. The lowest BCUT2D eigenvalue weighted by Gasteiger charge is -2.37. The molecule has 11 heteroatoms. The van der Waals surface area contributed by atoms with E-state index < -0.39 is 30.6 Å². The largest absolute Gasteiger partial charge is 0.489 e. The van der Waals surface area contributed by atoms with Gasteiger partial charge in [0, 0.05) is 11.1 Å². The van der Waals surface area contributed by atoms with Crippen LogP contribution in [0.2, 0.25) is 0 Å². The van der Waals surface area contributed by atoms with Crippen LogP contribution in [0.25, 0.3) is 11.0 Å². The fourth-order valence-corrected chi connectivity index (χ4v) is 5.60. The van der Waals surface area contributed by atoms with Crippen molar-refractivity contribution < 1.29 is 27.5 Å². The molecule has 2 aromatic heterocycles. The summed E-state index contributed by atoms with van der Waals surface area (Å²) in [5.41, 5.74) is 2.26. The molecular weight excluding hydrogens is 499 g/mol. The smallest absolute Gasteiger partial charge is 0.405 e. The number of anilines is 1. The zero-order valence-electron chi connectivity index (χ0n) is 20.7. The third-order valence-corrected chi connectivity index (χ3v) is 7.31. The molecule has 1 aromatic carbocycles. The Hall–Kier alpha value is -3.89. The van der Waals surface area contributed by atoms with Gasteiger partial charge in [-0.2, -0.15) is 18.3 Å². The minimum Gasteiger partial charge on any atom is -0.489 e. The molecular formula is C27H28F3N5O3. The number of halogens is 3. The Morgan fingerprint density at radius 2 is 2.08 bits per heavy atom. The van der Waals surface area contributed by atoms with Gasteiger partial charge >= 0.3 is 6.18 Å². The molecule has 8 nitrogen and oxygen atoms in total. The molecule has 3 heterocycles. The van der Waals surface area contributed by atoms with E-state index in [1.807, 2.05) is 23.5 Å². The van der Waals surface area contributed by atoms with Crippen LogP contribution in [0.4, 0.5) is 18.9 Å². The van der Waals surface area contributed by atoms with Gasteiger partial charge in [-0.3, -0.25) is 14.7 Å². The number of pyridine rings is 1. The summed E-state index contributed by atoms with van der Waals surface area (Å²) in [5, 5.41) is 9.49. The van der Waals surface area contributed by atoms with Crippen molar-refractivity contribution in [1.82, 2.24) is 20.5 Å². The number of amides is 2. The predicted octanol–water partition coefficient (Wildman–Crippen LogP) is 4.36. The highest BCUT2D eigenvalue weighted by Gasteiger charge is 2.53. The molecule has 1 aliphatic heterocycles. The standard InChI is InChI=1S/C27H28F3N5O3/c1-2-3-5-17-6-4-7-21-23(17)26(25(37)35(21)15-22(36)32-16-27(28,29)30)10-8-19(9-11-26)38-20-12-18-13-33-34-24(18)31-14-20/h2,4,6-7,12-14,19H,1,3,5,8-11,15-16H2,(H,32,36)(H,31,33,34). The molecule has 2 aliphatic rings. The summed E-state index contributed by atoms with van der Waals surface area (Å²) in [6, 6.07) is 7.42. The predicted molar refractivity (Wildman–Crippen MR) is 135 cm³/mol. The summed E-state index contributed by atoms with van der Waals surface area (Å²) < 4.78 is 44.1. The van der Waals surface area contributed by atoms with Crippen molar-refractivity contribution in [1.29, 1.82) is 0 Å². The second-order valence-electron chi connectivity index (χ2n) is 9.80. The number of fused-ring (bicyclic) bond motifs is 3. The number of nitrogens with one attached hydrogen (secondary N) is 2. The average molecular weight is 528 g/mol. The molecule has 1 saturated carbocycles. The van der Waals surface area contributed by atoms with Gasteiger partial charge in [-0.05, 0) is 61.8 Å². The van der Waals surface area contributed by atoms with Gasteiger partial charge in [0.05, 0.1) is 23.9 Å². The Labute approximate surface area is 217 Å². The van der Waals surface area contributed by atoms with Crippen molar-refractivity contribution in [3.63, 3.8) is 0 Å². The van der Waals surface area contributed by atoms with Gasteiger partial charge in [-0.25, -0.2) is 4.98 Å². The van der Waals surface area contributed by atoms with Gasteiger partial charge in [0.1, 0.15) is 18.8 Å². The summed E-state index contributed by atoms with van der Waals surface area (Å²) in [6.45, 7) is 1.89. The molecule has 200 valence electrons. The summed E-state index contributed by atoms with van der Waals surface area (Å²) in [7, 11) is 0. The Bertz CT molecular complexity index is 1360. The molecule has 5 rings (SSSR count). The number of benzene rings is 1. The van der Waals surface area contributed by atoms with E-state index in [4.69, 9.17) is 4.74 Å². The number of aromatic nitrogens is 3. The van der Waals surface area contributed by atoms with Crippen LogP contribution in [-0.4, -0.2) is 52.4 Å². The summed E-state index contributed by atoms with van der Waals surface area (Å²) >= 11 is 0. The number of H-pyrrole nitrogens is 1. The molecule has 0 unspecified atom stereocenters. The summed E-state index contributed by atoms with van der Waals surface area (Å²) in [5.74, 6) is -0.484. The number of aromatic amines is 1. The molecule has 1 spiro atoms. The van der Waals surface area contributed by atoms with Crippen LogP contribution in [0, 0.1) is 0 Å². The number of nitrogens with zero attached hydrogens (tertiary/aromatic N) is 3. The van der Waals surface area contributed by atoms with E-state index in [2.05, 4.69) is 21.8 Å². The summed E-state index contributed by atoms with van der Waals surface area (Å²) in [6.07, 6.45) is 4.02. The number of rotatable bonds is 8. The second-order valence-corrected chi connectivity index (χ2v) is 9.80. The number of carbonyl (C=O) groups excluding carboxylic acids is 2. The maximum Gasteiger partial charge on any atom is 0.405 e. The molecule has 1 fully saturated rings. The van der Waals surface area contributed by atoms with Crippen LogP contribution in [0.5, 0.6) is 5.75 Å². The Balaban J connectivity index is 1.38. The maximum atomic E-state index is 13.9. The van der Waals surface area contributed by atoms with E-state index in [1.54, 1.807) is 24.5 Å². The molecule has 0 radical (unpaired) electrons. The van der Waals surface area contributed by atoms with E-state index in [9.17, 15) is 22.8 Å². The number of hydrogen-bond acceptors (Lipinski definition) is 5. The fourth-order valence-electron chi connectivity index (χ4n) is 5.60. The van der Waals surface area contributed by atoms with E-state index in [0.29, 0.717) is 55.6 Å². The van der Waals surface area contributed by atoms with Gasteiger partial charge < -0.3 is 15.0 Å². The van der Waals surface area contributed by atoms with E-state index in [-0.39, 0.29) is 12.0 Å². The number of allylic oxidation sites excluding steroid dienone is 1. The van der Waals surface area contributed by atoms with Crippen LogP contribution in [0.3, 0.4) is 0 Å². The first-order valence-electron chi connectivity index (χ1n) is 12.5. The van der Waals surface area contributed by atoms with E-state index >= 15 is 0 Å². The fraction of sp³-hybridized carbons (Fsp3) is 0.407. The van der Waals surface area contributed by atoms with Crippen molar-refractivity contribution in [2.24, 2.45) is 0 Å². The molecule has 0 bridgehead atoms. The van der Waals surface area contributed by atoms with E-state index in [0.717, 1.165) is 16.5 Å². The number of aryl methyl sites for hydroxylation is 1. The van der Waals surface area contributed by atoms with Crippen molar-refractivity contribution in [3.8, 4) is 5.75 Å². The highest BCUT2D eigenvalue weighted by molar-refractivity contribution is 6.11. The van der Waals surface area contributed by atoms with Gasteiger partial charge in [0.15, 0.2) is 5.65 Å². The minimum atomic E-state index is -4.53. The minimum absolute atomic E-state index is 0.132. The molecule has 3 aromatic rings. The SMILES string of the molecule is C=CCCc1cccc2c1C1(CCC(Oc3cnc4[nH]ncc4c3)CC1)C(=O)N2CC(=O)NCC(F)(F)F. The molecule has 38 heavy (non-hydrogen) atoms. The lowest BCUT2D eigenvalue weighted by Crippen LogP contribution is -2.48. The molecule has 2 amide bonds. The van der Waals surface area contributed by atoms with Gasteiger partial charge in [-0.15, -0.1) is 6.58 Å². The van der Waals surface area contributed by atoms with Crippen LogP contribution >= 0.6 is 0 Å². The van der Waals surface area contributed by atoms with E-state index in [1.165, 1.54) is 4.90 Å². The second kappa shape index (κ2) is 10.1. The zero-order chi connectivity index (χ0) is 26.9. The van der Waals surface area contributed by atoms with Gasteiger partial charge in [0.2, 0.25) is 11.8 Å². The molecule has 1 aliphatic carbocycles. The normalized spacial score (nSPS) is 21.1. The maximum absolute atomic E-state index is 13.9. The lowest BCUT2D eigenvalue weighted by molar-refractivity contribution is -0.138. The van der Waals surface area contributed by atoms with Crippen molar-refractivity contribution in [3.05, 3.63) is 60.4 Å². The van der Waals surface area contributed by atoms with Gasteiger partial charge in [0.25, 0.3) is 0 Å². The summed E-state index contributed by atoms with van der Waals surface area (Å²) in [4.78, 5) is 32.0. The molecule has 2 N–H and O–H groups in total. The highest BCUT2D eigenvalue weighted by atomic mass is 19.4. The van der Waals surface area contributed by atoms with Gasteiger partial charge in [-0.1, -0.05) is 18.2 Å². The third kappa shape index (κ3) is 4.97. The number of carbonyl (C=O) groups is 2. The zero-order valence-corrected chi connectivity index (χ0v) is 20.7. The first-order valence-corrected chi connectivity index (χ1v) is 12.5. The molecule has 0 saturated heterocycles. The molecule has 0 atom stereocenters. The van der Waals surface area contributed by atoms with Crippen LogP contribution < -0.4 is 15.0 Å². The van der Waals surface area contributed by atoms with Crippen LogP contribution in [0.1, 0.15) is 43.2 Å². The van der Waals surface area contributed by atoms with Crippen molar-refractivity contribution in [2.75, 3.05) is 18.0 Å². The Morgan fingerprint density at radius 1 is 1.29 bits per heavy atom. The quantitative estimate of drug-likeness (QED) is 0.424. The van der Waals surface area contributed by atoms with Crippen LogP contribution in [0.15, 0.2) is 49.3 Å². The van der Waals surface area contributed by atoms with Crippen molar-refractivity contribution >= 4 is 28.5 Å². The monoisotopic (exact) mass is 527 g/mol. The number of alkyl halides is 3. The third-order valence-electron chi connectivity index (χ3n) is 7.31. The highest BCUT2D eigenvalue weighted by Crippen LogP contribution is 2.52. The topological polar surface area (TPSA) is 100 Å². The number of ether oxygens (including phenoxy) is 1.